The number of rotatable bonds is 7. The minimum absolute atomic E-state index is 0.159. The van der Waals surface area contributed by atoms with E-state index in [0.717, 1.165) is 0 Å². The van der Waals surface area contributed by atoms with Gasteiger partial charge in [0.25, 0.3) is 17.4 Å². The molecule has 1 atom stereocenters. The first kappa shape index (κ1) is 26.4. The van der Waals surface area contributed by atoms with Crippen LogP contribution in [0.1, 0.15) is 33.3 Å². The number of hydrogen-bond donors (Lipinski definition) is 3. The second-order valence-corrected chi connectivity index (χ2v) is 9.04. The van der Waals surface area contributed by atoms with E-state index in [9.17, 15) is 19.2 Å². The van der Waals surface area contributed by atoms with Crippen LogP contribution in [0, 0.1) is 6.92 Å². The number of para-hydroxylation sites is 1. The van der Waals surface area contributed by atoms with Gasteiger partial charge in [0.1, 0.15) is 11.7 Å². The second kappa shape index (κ2) is 11.2. The standard InChI is InChI=1S/C28H26ClN5O4/c1-17(30-27(37)22-14-7-8-15-23(22)29)25(35)31-20-11-9-10-19(16-20)26(36)32-24-18(2)33(3)34(28(24)38)21-12-5-4-6-13-21/h4-17H,1-3H3,(H,30,37)(H,31,35)(H,32,36). The molecule has 1 aromatic heterocycles. The van der Waals surface area contributed by atoms with Gasteiger partial charge in [-0.15, -0.1) is 0 Å². The van der Waals surface area contributed by atoms with Gasteiger partial charge >= 0.3 is 0 Å². The van der Waals surface area contributed by atoms with Crippen LogP contribution in [0.15, 0.2) is 83.7 Å². The van der Waals surface area contributed by atoms with Crippen molar-refractivity contribution in [3.8, 4) is 5.69 Å². The molecule has 0 aliphatic rings. The Morgan fingerprint density at radius 3 is 2.26 bits per heavy atom. The largest absolute Gasteiger partial charge is 0.340 e. The second-order valence-electron chi connectivity index (χ2n) is 8.64. The van der Waals surface area contributed by atoms with Gasteiger partial charge in [-0.25, -0.2) is 4.68 Å². The third kappa shape index (κ3) is 5.52. The van der Waals surface area contributed by atoms with E-state index in [1.54, 1.807) is 73.3 Å². The first-order chi connectivity index (χ1) is 18.2. The Labute approximate surface area is 224 Å². The first-order valence-electron chi connectivity index (χ1n) is 11.8. The summed E-state index contributed by atoms with van der Waals surface area (Å²) in [6.07, 6.45) is 0. The molecule has 0 saturated carbocycles. The minimum atomic E-state index is -0.875. The lowest BCUT2D eigenvalue weighted by Crippen LogP contribution is -2.41. The van der Waals surface area contributed by atoms with E-state index in [2.05, 4.69) is 16.0 Å². The molecule has 4 rings (SSSR count). The number of amides is 3. The Morgan fingerprint density at radius 2 is 1.55 bits per heavy atom. The van der Waals surface area contributed by atoms with Crippen LogP contribution in [-0.2, 0) is 11.8 Å². The molecule has 0 aliphatic carbocycles. The summed E-state index contributed by atoms with van der Waals surface area (Å²) in [5, 5.41) is 8.28. The molecule has 1 heterocycles. The zero-order valence-corrected chi connectivity index (χ0v) is 21.7. The summed E-state index contributed by atoms with van der Waals surface area (Å²) in [7, 11) is 1.74. The number of aromatic nitrogens is 2. The van der Waals surface area contributed by atoms with Gasteiger partial charge in [-0.3, -0.25) is 23.9 Å². The Bertz CT molecular complexity index is 1580. The summed E-state index contributed by atoms with van der Waals surface area (Å²) in [6.45, 7) is 3.28. The summed E-state index contributed by atoms with van der Waals surface area (Å²) in [4.78, 5) is 51.3. The van der Waals surface area contributed by atoms with Gasteiger partial charge in [0.15, 0.2) is 0 Å². The number of anilines is 2. The van der Waals surface area contributed by atoms with E-state index >= 15 is 0 Å². The number of nitrogens with zero attached hydrogens (tertiary/aromatic N) is 2. The van der Waals surface area contributed by atoms with E-state index in [1.165, 1.54) is 17.7 Å². The van der Waals surface area contributed by atoms with Gasteiger partial charge in [-0.05, 0) is 56.3 Å². The lowest BCUT2D eigenvalue weighted by atomic mass is 10.1. The summed E-state index contributed by atoms with van der Waals surface area (Å²) in [6, 6.07) is 21.1. The van der Waals surface area contributed by atoms with E-state index in [1.807, 2.05) is 18.2 Å². The number of carbonyl (C=O) groups excluding carboxylic acids is 3. The molecule has 3 N–H and O–H groups in total. The predicted molar refractivity (Wildman–Crippen MR) is 147 cm³/mol. The van der Waals surface area contributed by atoms with Crippen LogP contribution in [0.3, 0.4) is 0 Å². The fraction of sp³-hybridized carbons (Fsp3) is 0.143. The van der Waals surface area contributed by atoms with Gasteiger partial charge in [-0.1, -0.05) is 48.0 Å². The molecular weight excluding hydrogens is 506 g/mol. The number of halogens is 1. The summed E-state index contributed by atoms with van der Waals surface area (Å²) < 4.78 is 3.14. The minimum Gasteiger partial charge on any atom is -0.340 e. The van der Waals surface area contributed by atoms with Crippen LogP contribution in [-0.4, -0.2) is 33.1 Å². The normalized spacial score (nSPS) is 11.5. The molecule has 0 bridgehead atoms. The number of carbonyl (C=O) groups is 3. The average molecular weight is 532 g/mol. The van der Waals surface area contributed by atoms with Gasteiger partial charge in [0.2, 0.25) is 5.91 Å². The highest BCUT2D eigenvalue weighted by molar-refractivity contribution is 6.33. The molecule has 3 aromatic carbocycles. The van der Waals surface area contributed by atoms with E-state index in [0.29, 0.717) is 17.1 Å². The highest BCUT2D eigenvalue weighted by atomic mass is 35.5. The van der Waals surface area contributed by atoms with Crippen molar-refractivity contribution in [1.29, 1.82) is 0 Å². The zero-order chi connectivity index (χ0) is 27.4. The molecule has 4 aromatic rings. The molecule has 3 amide bonds. The highest BCUT2D eigenvalue weighted by Crippen LogP contribution is 2.18. The average Bonchev–Trinajstić information content (AvgIpc) is 3.12. The summed E-state index contributed by atoms with van der Waals surface area (Å²) >= 11 is 6.06. The van der Waals surface area contributed by atoms with Gasteiger partial charge in [-0.2, -0.15) is 0 Å². The van der Waals surface area contributed by atoms with Crippen LogP contribution in [0.25, 0.3) is 5.69 Å². The molecule has 0 radical (unpaired) electrons. The van der Waals surface area contributed by atoms with E-state index in [4.69, 9.17) is 11.6 Å². The maximum Gasteiger partial charge on any atom is 0.295 e. The molecule has 1 unspecified atom stereocenters. The first-order valence-corrected chi connectivity index (χ1v) is 12.2. The third-order valence-electron chi connectivity index (χ3n) is 6.04. The molecule has 0 aliphatic heterocycles. The van der Waals surface area contributed by atoms with Gasteiger partial charge in [0.05, 0.1) is 22.0 Å². The molecule has 9 nitrogen and oxygen atoms in total. The number of hydrogen-bond acceptors (Lipinski definition) is 4. The number of benzene rings is 3. The van der Waals surface area contributed by atoms with Crippen LogP contribution in [0.4, 0.5) is 11.4 Å². The zero-order valence-electron chi connectivity index (χ0n) is 21.0. The molecule has 0 spiro atoms. The lowest BCUT2D eigenvalue weighted by Gasteiger charge is -2.15. The van der Waals surface area contributed by atoms with Crippen LogP contribution in [0.5, 0.6) is 0 Å². The summed E-state index contributed by atoms with van der Waals surface area (Å²) in [5.74, 6) is -1.47. The molecule has 0 saturated heterocycles. The SMILES string of the molecule is Cc1c(NC(=O)c2cccc(NC(=O)C(C)NC(=O)c3ccccc3Cl)c2)c(=O)n(-c2ccccc2)n1C. The monoisotopic (exact) mass is 531 g/mol. The fourth-order valence-corrected chi connectivity index (χ4v) is 4.09. The van der Waals surface area contributed by atoms with Crippen molar-refractivity contribution in [3.63, 3.8) is 0 Å². The van der Waals surface area contributed by atoms with Crippen LogP contribution in [0.2, 0.25) is 5.02 Å². The van der Waals surface area contributed by atoms with Gasteiger partial charge in [0, 0.05) is 18.3 Å². The van der Waals surface area contributed by atoms with Crippen molar-refractivity contribution >= 4 is 40.7 Å². The van der Waals surface area contributed by atoms with Crippen molar-refractivity contribution in [2.45, 2.75) is 19.9 Å². The van der Waals surface area contributed by atoms with Crippen molar-refractivity contribution in [2.24, 2.45) is 7.05 Å². The Hall–Kier alpha value is -4.63. The van der Waals surface area contributed by atoms with Crippen molar-refractivity contribution in [1.82, 2.24) is 14.7 Å². The maximum absolute atomic E-state index is 13.1. The smallest absolute Gasteiger partial charge is 0.295 e. The Kier molecular flexibility index (Phi) is 7.78. The quantitative estimate of drug-likeness (QED) is 0.332. The number of nitrogens with one attached hydrogen (secondary N) is 3. The van der Waals surface area contributed by atoms with E-state index < -0.39 is 23.8 Å². The molecule has 0 fully saturated rings. The van der Waals surface area contributed by atoms with Crippen molar-refractivity contribution in [3.05, 3.63) is 111 Å². The van der Waals surface area contributed by atoms with Crippen LogP contribution >= 0.6 is 11.6 Å². The van der Waals surface area contributed by atoms with Crippen LogP contribution < -0.4 is 21.5 Å². The van der Waals surface area contributed by atoms with Crippen molar-refractivity contribution < 1.29 is 14.4 Å². The Morgan fingerprint density at radius 1 is 0.868 bits per heavy atom. The third-order valence-corrected chi connectivity index (χ3v) is 6.37. The predicted octanol–water partition coefficient (Wildman–Crippen LogP) is 4.15. The lowest BCUT2D eigenvalue weighted by molar-refractivity contribution is -0.117. The van der Waals surface area contributed by atoms with E-state index in [-0.39, 0.29) is 27.4 Å². The Balaban J connectivity index is 1.46. The summed E-state index contributed by atoms with van der Waals surface area (Å²) in [5.41, 5.74) is 1.90. The topological polar surface area (TPSA) is 114 Å². The molecule has 10 heteroatoms. The fourth-order valence-electron chi connectivity index (χ4n) is 3.87. The maximum atomic E-state index is 13.1. The van der Waals surface area contributed by atoms with Crippen molar-refractivity contribution in [2.75, 3.05) is 10.6 Å². The molecular formula is C28H26ClN5O4. The molecule has 38 heavy (non-hydrogen) atoms. The van der Waals surface area contributed by atoms with Gasteiger partial charge < -0.3 is 16.0 Å². The molecule has 194 valence electrons. The highest BCUT2D eigenvalue weighted by Gasteiger charge is 2.21.